The van der Waals surface area contributed by atoms with Crippen LogP contribution in [0.25, 0.3) is 11.1 Å². The molecule has 1 aromatic carbocycles. The maximum atomic E-state index is 6.04. The fourth-order valence-corrected chi connectivity index (χ4v) is 3.57. The third kappa shape index (κ3) is 2.18. The fraction of sp³-hybridized carbons (Fsp3) is 0.579. The van der Waals surface area contributed by atoms with Gasteiger partial charge in [0.15, 0.2) is 11.5 Å². The average Bonchev–Trinajstić information content (AvgIpc) is 2.82. The summed E-state index contributed by atoms with van der Waals surface area (Å²) >= 11 is 0. The Morgan fingerprint density at radius 2 is 1.50 bits per heavy atom. The molecule has 118 valence electrons. The summed E-state index contributed by atoms with van der Waals surface area (Å²) in [4.78, 5) is 9.62. The number of aromatic nitrogens is 1. The van der Waals surface area contributed by atoms with Crippen LogP contribution in [0.15, 0.2) is 9.41 Å². The summed E-state index contributed by atoms with van der Waals surface area (Å²) in [6.07, 6.45) is 0.923. The van der Waals surface area contributed by atoms with Crippen LogP contribution in [0, 0.1) is 6.92 Å². The summed E-state index contributed by atoms with van der Waals surface area (Å²) in [7, 11) is 0. The van der Waals surface area contributed by atoms with Gasteiger partial charge < -0.3 is 4.42 Å². The molecule has 22 heavy (non-hydrogen) atoms. The van der Waals surface area contributed by atoms with Gasteiger partial charge in [-0.15, -0.1) is 0 Å². The summed E-state index contributed by atoms with van der Waals surface area (Å²) in [6, 6.07) is 0. The Morgan fingerprint density at radius 1 is 0.909 bits per heavy atom. The first-order valence-electron chi connectivity index (χ1n) is 8.01. The number of aliphatic imine (C=N–C) groups is 1. The molecule has 1 aromatic heterocycles. The first kappa shape index (κ1) is 15.3. The fourth-order valence-electron chi connectivity index (χ4n) is 3.57. The minimum absolute atomic E-state index is 0.0161. The lowest BCUT2D eigenvalue weighted by atomic mass is 9.76. The molecule has 0 spiro atoms. The first-order chi connectivity index (χ1) is 10.00. The van der Waals surface area contributed by atoms with E-state index in [0.717, 1.165) is 29.1 Å². The second-order valence-corrected chi connectivity index (χ2v) is 8.51. The van der Waals surface area contributed by atoms with Crippen LogP contribution in [-0.2, 0) is 17.3 Å². The number of hydrogen-bond donors (Lipinski definition) is 0. The van der Waals surface area contributed by atoms with Crippen LogP contribution in [-0.4, -0.2) is 10.7 Å². The molecule has 0 unspecified atom stereocenters. The van der Waals surface area contributed by atoms with Crippen molar-refractivity contribution < 1.29 is 4.42 Å². The van der Waals surface area contributed by atoms with E-state index < -0.39 is 0 Å². The third-order valence-corrected chi connectivity index (χ3v) is 4.26. The van der Waals surface area contributed by atoms with Crippen LogP contribution >= 0.6 is 0 Å². The topological polar surface area (TPSA) is 38.4 Å². The number of hydrogen-bond acceptors (Lipinski definition) is 3. The molecule has 0 aliphatic carbocycles. The highest BCUT2D eigenvalue weighted by Crippen LogP contribution is 2.48. The van der Waals surface area contributed by atoms with Crippen molar-refractivity contribution in [2.75, 3.05) is 0 Å². The zero-order valence-corrected chi connectivity index (χ0v) is 15.0. The Balaban J connectivity index is 2.54. The van der Waals surface area contributed by atoms with Crippen LogP contribution < -0.4 is 0 Å². The van der Waals surface area contributed by atoms with Crippen molar-refractivity contribution in [2.24, 2.45) is 4.99 Å². The normalized spacial score (nSPS) is 15.4. The molecule has 0 saturated carbocycles. The van der Waals surface area contributed by atoms with Crippen LogP contribution in [0.2, 0.25) is 0 Å². The van der Waals surface area contributed by atoms with Gasteiger partial charge in [-0.05, 0) is 28.9 Å². The Labute approximate surface area is 132 Å². The molecular weight excluding hydrogens is 272 g/mol. The average molecular weight is 298 g/mol. The zero-order valence-electron chi connectivity index (χ0n) is 15.0. The second-order valence-electron chi connectivity index (χ2n) is 8.51. The molecule has 0 bridgehead atoms. The smallest absolute Gasteiger partial charge is 0.192 e. The Bertz CT molecular complexity index is 796. The SMILES string of the molecule is CC1=Nc2c(c(C(C)(C)C)c3nc(C)oc3c2C(C)(C)C)C1. The van der Waals surface area contributed by atoms with Gasteiger partial charge in [-0.1, -0.05) is 41.5 Å². The van der Waals surface area contributed by atoms with Crippen molar-refractivity contribution >= 4 is 22.5 Å². The summed E-state index contributed by atoms with van der Waals surface area (Å²) in [5.74, 6) is 0.732. The molecule has 0 atom stereocenters. The number of benzene rings is 1. The Hall–Kier alpha value is -1.64. The second kappa shape index (κ2) is 4.43. The van der Waals surface area contributed by atoms with Crippen LogP contribution in [0.5, 0.6) is 0 Å². The molecule has 0 N–H and O–H groups in total. The summed E-state index contributed by atoms with van der Waals surface area (Å²) in [5, 5.41) is 0. The lowest BCUT2D eigenvalue weighted by molar-refractivity contribution is 0.532. The molecule has 1 aliphatic heterocycles. The van der Waals surface area contributed by atoms with Crippen molar-refractivity contribution in [2.45, 2.75) is 72.6 Å². The highest BCUT2D eigenvalue weighted by Gasteiger charge is 2.35. The zero-order chi connectivity index (χ0) is 16.4. The van der Waals surface area contributed by atoms with Crippen molar-refractivity contribution in [3.8, 4) is 0 Å². The van der Waals surface area contributed by atoms with E-state index in [2.05, 4.69) is 48.5 Å². The van der Waals surface area contributed by atoms with Gasteiger partial charge in [0.2, 0.25) is 0 Å². The van der Waals surface area contributed by atoms with Crippen molar-refractivity contribution in [3.05, 3.63) is 22.6 Å². The molecule has 2 heterocycles. The molecular formula is C19H26N2O. The highest BCUT2D eigenvalue weighted by molar-refractivity contribution is 5.99. The highest BCUT2D eigenvalue weighted by atomic mass is 16.3. The summed E-state index contributed by atoms with van der Waals surface area (Å²) in [5.41, 5.74) is 8.07. The summed E-state index contributed by atoms with van der Waals surface area (Å²) in [6.45, 7) is 17.4. The molecule has 0 amide bonds. The minimum atomic E-state index is -0.0289. The predicted octanol–water partition coefficient (Wildman–Crippen LogP) is 5.38. The van der Waals surface area contributed by atoms with Gasteiger partial charge in [-0.3, -0.25) is 4.99 Å². The molecule has 3 nitrogen and oxygen atoms in total. The standard InChI is InChI=1S/C19H26N2O/c1-10-9-12-13(18(3,4)5)16-17(22-11(2)21-16)14(15(12)20-10)19(6,7)8/h9H2,1-8H3. The van der Waals surface area contributed by atoms with Crippen molar-refractivity contribution in [3.63, 3.8) is 0 Å². The quantitative estimate of drug-likeness (QED) is 0.655. The molecule has 0 radical (unpaired) electrons. The van der Waals surface area contributed by atoms with E-state index in [1.54, 1.807) is 0 Å². The van der Waals surface area contributed by atoms with Gasteiger partial charge in [0.25, 0.3) is 0 Å². The van der Waals surface area contributed by atoms with Crippen molar-refractivity contribution in [1.29, 1.82) is 0 Å². The summed E-state index contributed by atoms with van der Waals surface area (Å²) < 4.78 is 6.04. The largest absolute Gasteiger partial charge is 0.441 e. The van der Waals surface area contributed by atoms with E-state index in [1.807, 2.05) is 6.92 Å². The van der Waals surface area contributed by atoms with E-state index in [-0.39, 0.29) is 10.8 Å². The van der Waals surface area contributed by atoms with E-state index >= 15 is 0 Å². The number of fused-ring (bicyclic) bond motifs is 2. The van der Waals surface area contributed by atoms with Gasteiger partial charge >= 0.3 is 0 Å². The minimum Gasteiger partial charge on any atom is -0.441 e. The van der Waals surface area contributed by atoms with E-state index in [0.29, 0.717) is 0 Å². The first-order valence-corrected chi connectivity index (χ1v) is 8.01. The monoisotopic (exact) mass is 298 g/mol. The molecule has 2 aromatic rings. The third-order valence-electron chi connectivity index (χ3n) is 4.26. The van der Waals surface area contributed by atoms with Crippen LogP contribution in [0.1, 0.15) is 71.0 Å². The molecule has 1 aliphatic rings. The maximum absolute atomic E-state index is 6.04. The van der Waals surface area contributed by atoms with E-state index in [9.17, 15) is 0 Å². The van der Waals surface area contributed by atoms with Gasteiger partial charge in [-0.2, -0.15) is 0 Å². The lowest BCUT2D eigenvalue weighted by Gasteiger charge is -2.27. The lowest BCUT2D eigenvalue weighted by Crippen LogP contribution is -2.18. The predicted molar refractivity (Wildman–Crippen MR) is 92.6 cm³/mol. The van der Waals surface area contributed by atoms with Crippen LogP contribution in [0.3, 0.4) is 0 Å². The number of rotatable bonds is 0. The number of nitrogens with zero attached hydrogens (tertiary/aromatic N) is 2. The van der Waals surface area contributed by atoms with Gasteiger partial charge in [-0.25, -0.2) is 4.98 Å². The molecule has 3 heteroatoms. The number of oxazole rings is 1. The molecule has 0 fully saturated rings. The van der Waals surface area contributed by atoms with Crippen molar-refractivity contribution in [1.82, 2.24) is 4.98 Å². The molecule has 3 rings (SSSR count). The van der Waals surface area contributed by atoms with Crippen LogP contribution in [0.4, 0.5) is 5.69 Å². The van der Waals surface area contributed by atoms with E-state index in [1.165, 1.54) is 22.4 Å². The van der Waals surface area contributed by atoms with E-state index in [4.69, 9.17) is 14.4 Å². The van der Waals surface area contributed by atoms with Gasteiger partial charge in [0.1, 0.15) is 5.52 Å². The Morgan fingerprint density at radius 3 is 2.05 bits per heavy atom. The number of aryl methyl sites for hydroxylation is 1. The Kier molecular flexibility index (Phi) is 3.08. The van der Waals surface area contributed by atoms with Gasteiger partial charge in [0, 0.05) is 24.6 Å². The van der Waals surface area contributed by atoms with Gasteiger partial charge in [0.05, 0.1) is 5.69 Å². The maximum Gasteiger partial charge on any atom is 0.192 e. The molecule has 0 saturated heterocycles.